The first-order valence-electron chi connectivity index (χ1n) is 10.5. The Morgan fingerprint density at radius 3 is 2.29 bits per heavy atom. The van der Waals surface area contributed by atoms with Gasteiger partial charge in [-0.3, -0.25) is 13.9 Å². The van der Waals surface area contributed by atoms with Crippen LogP contribution in [0.25, 0.3) is 0 Å². The topological polar surface area (TPSA) is 86.8 Å². The van der Waals surface area contributed by atoms with E-state index in [9.17, 15) is 22.4 Å². The van der Waals surface area contributed by atoms with Gasteiger partial charge >= 0.3 is 0 Å². The lowest BCUT2D eigenvalue weighted by Crippen LogP contribution is -2.51. The number of carbonyl (C=O) groups is 2. The van der Waals surface area contributed by atoms with Crippen LogP contribution in [0.2, 0.25) is 10.0 Å². The normalized spacial score (nSPS) is 12.4. The largest absolute Gasteiger partial charge is 0.354 e. The van der Waals surface area contributed by atoms with Crippen molar-refractivity contribution in [1.82, 2.24) is 10.2 Å². The van der Waals surface area contributed by atoms with Crippen LogP contribution in [0.5, 0.6) is 0 Å². The van der Waals surface area contributed by atoms with Crippen LogP contribution >= 0.6 is 23.2 Å². The van der Waals surface area contributed by atoms with E-state index in [0.717, 1.165) is 15.5 Å². The second kappa shape index (κ2) is 11.9. The first-order chi connectivity index (χ1) is 15.8. The molecule has 0 bridgehead atoms. The third kappa shape index (κ3) is 7.32. The average molecular weight is 532 g/mol. The minimum atomic E-state index is -3.97. The number of rotatable bonds is 10. The zero-order chi connectivity index (χ0) is 25.6. The number of amides is 2. The summed E-state index contributed by atoms with van der Waals surface area (Å²) in [6, 6.07) is 9.28. The van der Waals surface area contributed by atoms with E-state index in [1.165, 1.54) is 43.3 Å². The van der Waals surface area contributed by atoms with Gasteiger partial charge in [0.2, 0.25) is 21.8 Å². The molecule has 0 saturated carbocycles. The summed E-state index contributed by atoms with van der Waals surface area (Å²) in [5.41, 5.74) is 0.207. The van der Waals surface area contributed by atoms with Crippen LogP contribution in [0.3, 0.4) is 0 Å². The number of anilines is 1. The molecule has 0 fully saturated rings. The van der Waals surface area contributed by atoms with Crippen LogP contribution in [0.1, 0.15) is 26.3 Å². The summed E-state index contributed by atoms with van der Waals surface area (Å²) in [5, 5.41) is 2.83. The van der Waals surface area contributed by atoms with Gasteiger partial charge in [-0.15, -0.1) is 0 Å². The summed E-state index contributed by atoms with van der Waals surface area (Å²) in [7, 11) is -3.97. The van der Waals surface area contributed by atoms with Crippen molar-refractivity contribution in [3.63, 3.8) is 0 Å². The molecule has 2 aromatic carbocycles. The summed E-state index contributed by atoms with van der Waals surface area (Å²) in [4.78, 5) is 27.3. The first kappa shape index (κ1) is 27.9. The van der Waals surface area contributed by atoms with Crippen LogP contribution in [0, 0.1) is 11.7 Å². The molecule has 0 saturated heterocycles. The van der Waals surface area contributed by atoms with E-state index in [4.69, 9.17) is 23.2 Å². The number of hydrogen-bond acceptors (Lipinski definition) is 4. The smallest absolute Gasteiger partial charge is 0.244 e. The standard InChI is InChI=1S/C23H28Cl2FN3O4S/c1-15(2)12-27-23(31)16(3)28(13-17-8-5-6-10-19(17)26)21(30)14-29(34(4,32)33)20-11-7-9-18(24)22(20)25/h5-11,15-16H,12-14H2,1-4H3,(H,27,31)/t16-/m0/s1. The molecule has 0 aliphatic rings. The summed E-state index contributed by atoms with van der Waals surface area (Å²) < 4.78 is 40.3. The zero-order valence-electron chi connectivity index (χ0n) is 19.4. The zero-order valence-corrected chi connectivity index (χ0v) is 21.7. The highest BCUT2D eigenvalue weighted by Crippen LogP contribution is 2.33. The minimum Gasteiger partial charge on any atom is -0.354 e. The van der Waals surface area contributed by atoms with E-state index in [-0.39, 0.29) is 33.8 Å². The number of carbonyl (C=O) groups excluding carboxylic acids is 2. The van der Waals surface area contributed by atoms with Gasteiger partial charge in [-0.2, -0.15) is 0 Å². The lowest BCUT2D eigenvalue weighted by molar-refractivity contribution is -0.139. The lowest BCUT2D eigenvalue weighted by Gasteiger charge is -2.32. The molecule has 0 spiro atoms. The Balaban J connectivity index is 2.43. The minimum absolute atomic E-state index is 0.0211. The van der Waals surface area contributed by atoms with Crippen molar-refractivity contribution in [1.29, 1.82) is 0 Å². The molecule has 0 heterocycles. The highest BCUT2D eigenvalue weighted by molar-refractivity contribution is 7.92. The molecule has 2 aromatic rings. The monoisotopic (exact) mass is 531 g/mol. The van der Waals surface area contributed by atoms with Crippen molar-refractivity contribution in [3.05, 3.63) is 63.9 Å². The van der Waals surface area contributed by atoms with Crippen molar-refractivity contribution in [2.24, 2.45) is 5.92 Å². The maximum absolute atomic E-state index is 14.4. The van der Waals surface area contributed by atoms with E-state index in [1.807, 2.05) is 13.8 Å². The molecule has 0 aliphatic heterocycles. The van der Waals surface area contributed by atoms with Crippen LogP contribution in [-0.2, 0) is 26.2 Å². The number of nitrogens with one attached hydrogen (secondary N) is 1. The van der Waals surface area contributed by atoms with E-state index >= 15 is 0 Å². The van der Waals surface area contributed by atoms with Gasteiger partial charge in [0.25, 0.3) is 0 Å². The molecule has 2 amide bonds. The predicted octanol–water partition coefficient (Wildman–Crippen LogP) is 4.09. The number of sulfonamides is 1. The Morgan fingerprint density at radius 2 is 1.71 bits per heavy atom. The van der Waals surface area contributed by atoms with Crippen molar-refractivity contribution < 1.29 is 22.4 Å². The van der Waals surface area contributed by atoms with Gasteiger partial charge in [-0.05, 0) is 31.0 Å². The number of nitrogens with zero attached hydrogens (tertiary/aromatic N) is 2. The Kier molecular flexibility index (Phi) is 9.73. The van der Waals surface area contributed by atoms with E-state index < -0.39 is 40.2 Å². The molecule has 1 atom stereocenters. The summed E-state index contributed by atoms with van der Waals surface area (Å²) in [5.74, 6) is -1.52. The Hall–Kier alpha value is -2.36. The molecule has 7 nitrogen and oxygen atoms in total. The quantitative estimate of drug-likeness (QED) is 0.500. The molecule has 186 valence electrons. The molecular weight excluding hydrogens is 504 g/mol. The molecular formula is C23H28Cl2FN3O4S. The van der Waals surface area contributed by atoms with Gasteiger partial charge in [0.1, 0.15) is 18.4 Å². The maximum atomic E-state index is 14.4. The first-order valence-corrected chi connectivity index (χ1v) is 13.2. The van der Waals surface area contributed by atoms with Crippen molar-refractivity contribution in [2.75, 3.05) is 23.7 Å². The number of halogens is 3. The second-order valence-electron chi connectivity index (χ2n) is 8.27. The molecule has 0 radical (unpaired) electrons. The van der Waals surface area contributed by atoms with Gasteiger partial charge in [-0.1, -0.05) is 61.3 Å². The van der Waals surface area contributed by atoms with Crippen molar-refractivity contribution in [2.45, 2.75) is 33.4 Å². The summed E-state index contributed by atoms with van der Waals surface area (Å²) in [6.07, 6.45) is 0.928. The Morgan fingerprint density at radius 1 is 1.06 bits per heavy atom. The molecule has 0 unspecified atom stereocenters. The van der Waals surface area contributed by atoms with Crippen LogP contribution in [0.4, 0.5) is 10.1 Å². The van der Waals surface area contributed by atoms with Gasteiger partial charge in [-0.25, -0.2) is 12.8 Å². The predicted molar refractivity (Wildman–Crippen MR) is 133 cm³/mol. The molecule has 1 N–H and O–H groups in total. The third-order valence-electron chi connectivity index (χ3n) is 5.03. The van der Waals surface area contributed by atoms with Crippen molar-refractivity contribution >= 4 is 50.7 Å². The number of hydrogen-bond donors (Lipinski definition) is 1. The van der Waals surface area contributed by atoms with E-state index in [0.29, 0.717) is 6.54 Å². The second-order valence-corrected chi connectivity index (χ2v) is 11.0. The van der Waals surface area contributed by atoms with Gasteiger partial charge in [0.05, 0.1) is 22.0 Å². The maximum Gasteiger partial charge on any atom is 0.244 e. The third-order valence-corrected chi connectivity index (χ3v) is 6.96. The SMILES string of the molecule is CC(C)CNC(=O)[C@H](C)N(Cc1ccccc1F)C(=O)CN(c1cccc(Cl)c1Cl)S(C)(=O)=O. The highest BCUT2D eigenvalue weighted by atomic mass is 35.5. The summed E-state index contributed by atoms with van der Waals surface area (Å²) in [6.45, 7) is 4.85. The Bertz CT molecular complexity index is 1140. The lowest BCUT2D eigenvalue weighted by atomic mass is 10.1. The van der Waals surface area contributed by atoms with Gasteiger partial charge in [0.15, 0.2) is 0 Å². The molecule has 34 heavy (non-hydrogen) atoms. The Labute approximate surface area is 209 Å². The molecule has 11 heteroatoms. The van der Waals surface area contributed by atoms with E-state index in [1.54, 1.807) is 6.07 Å². The fraction of sp³-hybridized carbons (Fsp3) is 0.391. The van der Waals surface area contributed by atoms with Crippen LogP contribution in [-0.4, -0.2) is 50.5 Å². The van der Waals surface area contributed by atoms with Crippen LogP contribution < -0.4 is 9.62 Å². The summed E-state index contributed by atoms with van der Waals surface area (Å²) >= 11 is 12.3. The fourth-order valence-electron chi connectivity index (χ4n) is 3.12. The van der Waals surface area contributed by atoms with Crippen LogP contribution in [0.15, 0.2) is 42.5 Å². The van der Waals surface area contributed by atoms with Crippen molar-refractivity contribution in [3.8, 4) is 0 Å². The molecule has 2 rings (SSSR count). The van der Waals surface area contributed by atoms with Gasteiger partial charge < -0.3 is 10.2 Å². The van der Waals surface area contributed by atoms with E-state index in [2.05, 4.69) is 5.32 Å². The molecule has 0 aliphatic carbocycles. The number of benzene rings is 2. The highest BCUT2D eigenvalue weighted by Gasteiger charge is 2.31. The fourth-order valence-corrected chi connectivity index (χ4v) is 4.43. The average Bonchev–Trinajstić information content (AvgIpc) is 2.76. The van der Waals surface area contributed by atoms with Gasteiger partial charge in [0, 0.05) is 18.7 Å². The molecule has 0 aromatic heterocycles.